The number of hydrogen-bond acceptors (Lipinski definition) is 6. The van der Waals surface area contributed by atoms with Gasteiger partial charge < -0.3 is 24.0 Å². The number of pyridine rings is 1. The Labute approximate surface area is 210 Å². The van der Waals surface area contributed by atoms with Crippen molar-refractivity contribution in [3.63, 3.8) is 0 Å². The Kier molecular flexibility index (Phi) is 7.37. The number of hydrogen-bond donors (Lipinski definition) is 0. The molecule has 2 aromatic carbocycles. The lowest BCUT2D eigenvalue weighted by Crippen LogP contribution is -2.40. The summed E-state index contributed by atoms with van der Waals surface area (Å²) in [6.07, 6.45) is 2.00. The molecule has 3 heterocycles. The summed E-state index contributed by atoms with van der Waals surface area (Å²) in [4.78, 5) is 22.8. The molecule has 184 valence electrons. The number of anilines is 1. The highest BCUT2D eigenvalue weighted by atomic mass is 35.5. The molecule has 0 aliphatic carbocycles. The summed E-state index contributed by atoms with van der Waals surface area (Å²) < 4.78 is 16.9. The summed E-state index contributed by atoms with van der Waals surface area (Å²) in [5.41, 5.74) is 2.43. The van der Waals surface area contributed by atoms with Crippen LogP contribution in [0.2, 0.25) is 5.02 Å². The first-order valence-corrected chi connectivity index (χ1v) is 12.5. The molecule has 1 aromatic heterocycles. The zero-order valence-corrected chi connectivity index (χ0v) is 20.7. The zero-order valence-electron chi connectivity index (χ0n) is 19.9. The van der Waals surface area contributed by atoms with Gasteiger partial charge in [0, 0.05) is 60.4 Å². The minimum Gasteiger partial charge on any atom is -0.497 e. The van der Waals surface area contributed by atoms with Gasteiger partial charge in [0.15, 0.2) is 0 Å². The molecule has 8 heteroatoms. The standard InChI is InChI=1S/C27H30ClN3O4/c1-33-23-8-7-19-14-21(26(29-25(19)16-23)30-9-12-34-13-10-30)17-31(18-24-6-3-11-35-24)27(32)20-4-2-5-22(28)15-20/h2,4-5,7-8,14-16,24H,3,6,9-13,17-18H2,1H3/t24-/m0/s1. The summed E-state index contributed by atoms with van der Waals surface area (Å²) in [6, 6.07) is 15.2. The van der Waals surface area contributed by atoms with Crippen LogP contribution in [-0.4, -0.2) is 68.5 Å². The first-order valence-electron chi connectivity index (χ1n) is 12.1. The molecule has 0 spiro atoms. The topological polar surface area (TPSA) is 64.1 Å². The van der Waals surface area contributed by atoms with Crippen molar-refractivity contribution in [2.45, 2.75) is 25.5 Å². The maximum absolute atomic E-state index is 13.7. The highest BCUT2D eigenvalue weighted by Crippen LogP contribution is 2.29. The van der Waals surface area contributed by atoms with Crippen molar-refractivity contribution in [3.05, 3.63) is 64.7 Å². The number of halogens is 1. The molecule has 0 radical (unpaired) electrons. The number of rotatable bonds is 7. The first kappa shape index (κ1) is 23.9. The molecule has 2 aliphatic rings. The van der Waals surface area contributed by atoms with Crippen LogP contribution in [0.25, 0.3) is 10.9 Å². The van der Waals surface area contributed by atoms with E-state index in [1.807, 2.05) is 35.2 Å². The number of ether oxygens (including phenoxy) is 3. The quantitative estimate of drug-likeness (QED) is 0.479. The fourth-order valence-corrected chi connectivity index (χ4v) is 4.93. The van der Waals surface area contributed by atoms with Crippen LogP contribution in [0.4, 0.5) is 5.82 Å². The Hall–Kier alpha value is -2.87. The van der Waals surface area contributed by atoms with E-state index in [1.165, 1.54) is 0 Å². The normalized spacial score (nSPS) is 18.1. The van der Waals surface area contributed by atoms with Gasteiger partial charge in [0.25, 0.3) is 5.91 Å². The predicted octanol–water partition coefficient (Wildman–Crippen LogP) is 4.55. The van der Waals surface area contributed by atoms with E-state index in [4.69, 9.17) is 30.8 Å². The molecule has 2 saturated heterocycles. The van der Waals surface area contributed by atoms with Crippen LogP contribution in [0, 0.1) is 0 Å². The summed E-state index contributed by atoms with van der Waals surface area (Å²) in [7, 11) is 1.66. The summed E-state index contributed by atoms with van der Waals surface area (Å²) in [5, 5.41) is 1.55. The molecular weight excluding hydrogens is 466 g/mol. The average Bonchev–Trinajstić information content (AvgIpc) is 3.41. The SMILES string of the molecule is COc1ccc2cc(CN(C[C@@H]3CCCO3)C(=O)c3cccc(Cl)c3)c(N3CCOCC3)nc2c1. The summed E-state index contributed by atoms with van der Waals surface area (Å²) >= 11 is 6.21. The van der Waals surface area contributed by atoms with Gasteiger partial charge in [0.1, 0.15) is 11.6 Å². The smallest absolute Gasteiger partial charge is 0.254 e. The fraction of sp³-hybridized carbons (Fsp3) is 0.407. The van der Waals surface area contributed by atoms with Crippen LogP contribution in [-0.2, 0) is 16.0 Å². The van der Waals surface area contributed by atoms with Gasteiger partial charge >= 0.3 is 0 Å². The van der Waals surface area contributed by atoms with Gasteiger partial charge in [0.2, 0.25) is 0 Å². The van der Waals surface area contributed by atoms with Gasteiger partial charge in [-0.25, -0.2) is 4.98 Å². The van der Waals surface area contributed by atoms with Gasteiger partial charge in [-0.15, -0.1) is 0 Å². The number of amides is 1. The van der Waals surface area contributed by atoms with Crippen LogP contribution in [0.1, 0.15) is 28.8 Å². The van der Waals surface area contributed by atoms with E-state index in [-0.39, 0.29) is 12.0 Å². The molecule has 0 bridgehead atoms. The Morgan fingerprint density at radius 2 is 2.03 bits per heavy atom. The van der Waals surface area contributed by atoms with Crippen molar-refractivity contribution in [2.75, 3.05) is 51.5 Å². The monoisotopic (exact) mass is 495 g/mol. The maximum Gasteiger partial charge on any atom is 0.254 e. The van der Waals surface area contributed by atoms with Crippen molar-refractivity contribution >= 4 is 34.2 Å². The summed E-state index contributed by atoms with van der Waals surface area (Å²) in [5.74, 6) is 1.58. The lowest BCUT2D eigenvalue weighted by atomic mass is 10.1. The van der Waals surface area contributed by atoms with Crippen LogP contribution < -0.4 is 9.64 Å². The first-order chi connectivity index (χ1) is 17.1. The van der Waals surface area contributed by atoms with Gasteiger partial charge in [-0.3, -0.25) is 4.79 Å². The van der Waals surface area contributed by atoms with Crippen molar-refractivity contribution in [1.82, 2.24) is 9.88 Å². The number of carbonyl (C=O) groups excluding carboxylic acids is 1. The van der Waals surface area contributed by atoms with E-state index in [9.17, 15) is 4.79 Å². The molecule has 5 rings (SSSR count). The molecule has 0 saturated carbocycles. The number of benzene rings is 2. The second-order valence-electron chi connectivity index (χ2n) is 8.96. The van der Waals surface area contributed by atoms with Gasteiger partial charge in [-0.05, 0) is 49.2 Å². The van der Waals surface area contributed by atoms with Crippen molar-refractivity contribution < 1.29 is 19.0 Å². The molecule has 0 unspecified atom stereocenters. The van der Waals surface area contributed by atoms with Crippen LogP contribution in [0.3, 0.4) is 0 Å². The highest BCUT2D eigenvalue weighted by molar-refractivity contribution is 6.30. The molecule has 35 heavy (non-hydrogen) atoms. The molecule has 1 atom stereocenters. The molecular formula is C27H30ClN3O4. The third-order valence-corrected chi connectivity index (χ3v) is 6.79. The number of methoxy groups -OCH3 is 1. The molecule has 2 fully saturated rings. The largest absolute Gasteiger partial charge is 0.497 e. The van der Waals surface area contributed by atoms with E-state index < -0.39 is 0 Å². The van der Waals surface area contributed by atoms with Crippen molar-refractivity contribution in [3.8, 4) is 5.75 Å². The van der Waals surface area contributed by atoms with Crippen molar-refractivity contribution in [2.24, 2.45) is 0 Å². The predicted molar refractivity (Wildman–Crippen MR) is 136 cm³/mol. The van der Waals surface area contributed by atoms with Crippen LogP contribution in [0.5, 0.6) is 5.75 Å². The number of carbonyl (C=O) groups is 1. The average molecular weight is 496 g/mol. The van der Waals surface area contributed by atoms with Crippen LogP contribution in [0.15, 0.2) is 48.5 Å². The third-order valence-electron chi connectivity index (χ3n) is 6.56. The van der Waals surface area contributed by atoms with E-state index >= 15 is 0 Å². The van der Waals surface area contributed by atoms with E-state index in [0.29, 0.717) is 36.9 Å². The Bertz CT molecular complexity index is 1190. The number of morpholine rings is 1. The Morgan fingerprint density at radius 1 is 1.17 bits per heavy atom. The van der Waals surface area contributed by atoms with Crippen molar-refractivity contribution in [1.29, 1.82) is 0 Å². The lowest BCUT2D eigenvalue weighted by Gasteiger charge is -2.32. The molecule has 1 amide bonds. The van der Waals surface area contributed by atoms with E-state index in [1.54, 1.807) is 19.2 Å². The summed E-state index contributed by atoms with van der Waals surface area (Å²) in [6.45, 7) is 4.49. The zero-order chi connectivity index (χ0) is 24.2. The third kappa shape index (κ3) is 5.53. The minimum atomic E-state index is -0.0641. The maximum atomic E-state index is 13.7. The second-order valence-corrected chi connectivity index (χ2v) is 9.40. The van der Waals surface area contributed by atoms with Gasteiger partial charge in [0.05, 0.1) is 31.9 Å². The highest BCUT2D eigenvalue weighted by Gasteiger charge is 2.26. The van der Waals surface area contributed by atoms with E-state index in [2.05, 4.69) is 11.0 Å². The number of nitrogens with zero attached hydrogens (tertiary/aromatic N) is 3. The molecule has 0 N–H and O–H groups in total. The molecule has 7 nitrogen and oxygen atoms in total. The number of fused-ring (bicyclic) bond motifs is 1. The lowest BCUT2D eigenvalue weighted by molar-refractivity contribution is 0.0507. The molecule has 2 aliphatic heterocycles. The minimum absolute atomic E-state index is 0.0302. The van der Waals surface area contributed by atoms with E-state index in [0.717, 1.165) is 60.6 Å². The Morgan fingerprint density at radius 3 is 2.77 bits per heavy atom. The van der Waals surface area contributed by atoms with Crippen LogP contribution >= 0.6 is 11.6 Å². The second kappa shape index (κ2) is 10.8. The number of aromatic nitrogens is 1. The fourth-order valence-electron chi connectivity index (χ4n) is 4.74. The van der Waals surface area contributed by atoms with Gasteiger partial charge in [-0.2, -0.15) is 0 Å². The van der Waals surface area contributed by atoms with Gasteiger partial charge in [-0.1, -0.05) is 17.7 Å². The molecule has 3 aromatic rings. The Balaban J connectivity index is 1.53.